The van der Waals surface area contributed by atoms with Crippen molar-refractivity contribution in [1.82, 2.24) is 10.1 Å². The molecule has 1 heterocycles. The number of anilines is 1. The number of nitrogens with one attached hydrogen (secondary N) is 1. The van der Waals surface area contributed by atoms with E-state index in [4.69, 9.17) is 9.63 Å². The number of carboxylic acids is 1. The highest BCUT2D eigenvalue weighted by Crippen LogP contribution is 2.21. The van der Waals surface area contributed by atoms with Crippen molar-refractivity contribution in [3.63, 3.8) is 0 Å². The molecule has 0 atom stereocenters. The molecule has 2 rings (SSSR count). The van der Waals surface area contributed by atoms with Crippen LogP contribution in [0.15, 0.2) is 22.7 Å². The lowest BCUT2D eigenvalue weighted by Crippen LogP contribution is -2.08. The number of rotatable bonds is 4. The van der Waals surface area contributed by atoms with Crippen molar-refractivity contribution >= 4 is 11.7 Å². The van der Waals surface area contributed by atoms with E-state index in [1.54, 1.807) is 19.1 Å². The highest BCUT2D eigenvalue weighted by molar-refractivity contribution is 5.95. The fraction of sp³-hybridized carbons (Fsp3) is 0.250. The Kier molecular flexibility index (Phi) is 3.27. The Labute approximate surface area is 104 Å². The van der Waals surface area contributed by atoms with E-state index in [9.17, 15) is 4.79 Å². The van der Waals surface area contributed by atoms with Crippen LogP contribution in [0.5, 0.6) is 0 Å². The SMILES string of the molecule is Cc1noc(CNc2c(C)cccc2C(=O)O)n1. The van der Waals surface area contributed by atoms with Gasteiger partial charge in [-0.15, -0.1) is 0 Å². The van der Waals surface area contributed by atoms with Gasteiger partial charge >= 0.3 is 5.97 Å². The van der Waals surface area contributed by atoms with Crippen LogP contribution in [0.25, 0.3) is 0 Å². The summed E-state index contributed by atoms with van der Waals surface area (Å²) >= 11 is 0. The van der Waals surface area contributed by atoms with E-state index < -0.39 is 5.97 Å². The second-order valence-electron chi connectivity index (χ2n) is 3.89. The maximum absolute atomic E-state index is 11.1. The molecule has 0 aliphatic heterocycles. The number of aryl methyl sites for hydroxylation is 2. The molecule has 0 aliphatic carbocycles. The summed E-state index contributed by atoms with van der Waals surface area (Å²) in [6, 6.07) is 5.10. The Bertz CT molecular complexity index is 578. The van der Waals surface area contributed by atoms with Crippen LogP contribution in [0.2, 0.25) is 0 Å². The Morgan fingerprint density at radius 3 is 2.83 bits per heavy atom. The molecule has 2 N–H and O–H groups in total. The number of aromatic nitrogens is 2. The van der Waals surface area contributed by atoms with Crippen LogP contribution < -0.4 is 5.32 Å². The molecule has 6 nitrogen and oxygen atoms in total. The number of para-hydroxylation sites is 1. The molecule has 0 saturated heterocycles. The Balaban J connectivity index is 2.20. The first-order valence-electron chi connectivity index (χ1n) is 5.44. The van der Waals surface area contributed by atoms with Crippen LogP contribution in [-0.4, -0.2) is 21.2 Å². The highest BCUT2D eigenvalue weighted by atomic mass is 16.5. The zero-order chi connectivity index (χ0) is 13.1. The van der Waals surface area contributed by atoms with Crippen molar-refractivity contribution in [1.29, 1.82) is 0 Å². The zero-order valence-electron chi connectivity index (χ0n) is 10.1. The van der Waals surface area contributed by atoms with Crippen LogP contribution >= 0.6 is 0 Å². The molecule has 0 bridgehead atoms. The molecule has 1 aromatic heterocycles. The minimum Gasteiger partial charge on any atom is -0.478 e. The molecular formula is C12H13N3O3. The number of carboxylic acid groups (broad SMARTS) is 1. The first-order valence-corrected chi connectivity index (χ1v) is 5.44. The number of hydrogen-bond donors (Lipinski definition) is 2. The summed E-state index contributed by atoms with van der Waals surface area (Å²) in [6.07, 6.45) is 0. The summed E-state index contributed by atoms with van der Waals surface area (Å²) in [6.45, 7) is 3.86. The van der Waals surface area contributed by atoms with E-state index >= 15 is 0 Å². The number of carbonyl (C=O) groups is 1. The number of nitrogens with zero attached hydrogens (tertiary/aromatic N) is 2. The van der Waals surface area contributed by atoms with Crippen LogP contribution in [0.4, 0.5) is 5.69 Å². The Hall–Kier alpha value is -2.37. The van der Waals surface area contributed by atoms with E-state index in [2.05, 4.69) is 15.5 Å². The third-order valence-corrected chi connectivity index (χ3v) is 2.49. The predicted octanol–water partition coefficient (Wildman–Crippen LogP) is 2.00. The fourth-order valence-electron chi connectivity index (χ4n) is 1.66. The average Bonchev–Trinajstić information content (AvgIpc) is 2.73. The molecule has 0 amide bonds. The largest absolute Gasteiger partial charge is 0.478 e. The fourth-order valence-corrected chi connectivity index (χ4v) is 1.66. The summed E-state index contributed by atoms with van der Waals surface area (Å²) in [5.41, 5.74) is 1.65. The Morgan fingerprint density at radius 1 is 1.44 bits per heavy atom. The van der Waals surface area contributed by atoms with Gasteiger partial charge in [-0.1, -0.05) is 17.3 Å². The topological polar surface area (TPSA) is 88.2 Å². The van der Waals surface area contributed by atoms with Gasteiger partial charge < -0.3 is 14.9 Å². The van der Waals surface area contributed by atoms with E-state index in [1.807, 2.05) is 13.0 Å². The van der Waals surface area contributed by atoms with Gasteiger partial charge in [-0.25, -0.2) is 4.79 Å². The Morgan fingerprint density at radius 2 is 2.22 bits per heavy atom. The van der Waals surface area contributed by atoms with Crippen LogP contribution in [0.3, 0.4) is 0 Å². The van der Waals surface area contributed by atoms with Gasteiger partial charge in [0.05, 0.1) is 17.8 Å². The molecule has 6 heteroatoms. The van der Waals surface area contributed by atoms with Crippen molar-refractivity contribution < 1.29 is 14.4 Å². The van der Waals surface area contributed by atoms with Gasteiger partial charge in [0.1, 0.15) is 0 Å². The molecule has 0 saturated carbocycles. The summed E-state index contributed by atoms with van der Waals surface area (Å²) in [5, 5.41) is 15.8. The first-order chi connectivity index (χ1) is 8.58. The molecule has 0 fully saturated rings. The quantitative estimate of drug-likeness (QED) is 0.859. The summed E-state index contributed by atoms with van der Waals surface area (Å²) in [7, 11) is 0. The standard InChI is InChI=1S/C12H13N3O3/c1-7-4-3-5-9(12(16)17)11(7)13-6-10-14-8(2)15-18-10/h3-5,13H,6H2,1-2H3,(H,16,17). The van der Waals surface area contributed by atoms with Gasteiger partial charge in [0.2, 0.25) is 5.89 Å². The van der Waals surface area contributed by atoms with Gasteiger partial charge in [-0.05, 0) is 25.5 Å². The van der Waals surface area contributed by atoms with Gasteiger partial charge in [-0.2, -0.15) is 4.98 Å². The summed E-state index contributed by atoms with van der Waals surface area (Å²) < 4.78 is 4.96. The first kappa shape index (κ1) is 12.1. The number of benzene rings is 1. The molecule has 0 radical (unpaired) electrons. The van der Waals surface area contributed by atoms with Crippen LogP contribution in [0.1, 0.15) is 27.6 Å². The lowest BCUT2D eigenvalue weighted by molar-refractivity contribution is 0.0698. The smallest absolute Gasteiger partial charge is 0.337 e. The summed E-state index contributed by atoms with van der Waals surface area (Å²) in [5.74, 6) is 0.00467. The van der Waals surface area contributed by atoms with Crippen LogP contribution in [-0.2, 0) is 6.54 Å². The van der Waals surface area contributed by atoms with E-state index in [0.717, 1.165) is 5.56 Å². The van der Waals surface area contributed by atoms with Crippen molar-refractivity contribution in [2.24, 2.45) is 0 Å². The molecule has 18 heavy (non-hydrogen) atoms. The van der Waals surface area contributed by atoms with Gasteiger partial charge in [0, 0.05) is 0 Å². The van der Waals surface area contributed by atoms with Crippen LogP contribution in [0, 0.1) is 13.8 Å². The van der Waals surface area contributed by atoms with Gasteiger partial charge in [0.15, 0.2) is 5.82 Å². The minimum absolute atomic E-state index is 0.228. The molecular weight excluding hydrogens is 234 g/mol. The van der Waals surface area contributed by atoms with E-state index in [-0.39, 0.29) is 5.56 Å². The maximum atomic E-state index is 11.1. The second-order valence-corrected chi connectivity index (χ2v) is 3.89. The summed E-state index contributed by atoms with van der Waals surface area (Å²) in [4.78, 5) is 15.1. The zero-order valence-corrected chi connectivity index (χ0v) is 10.1. The molecule has 0 unspecified atom stereocenters. The highest BCUT2D eigenvalue weighted by Gasteiger charge is 2.12. The third kappa shape index (κ3) is 2.48. The van der Waals surface area contributed by atoms with E-state index in [0.29, 0.717) is 23.9 Å². The monoisotopic (exact) mass is 247 g/mol. The molecule has 0 spiro atoms. The molecule has 2 aromatic rings. The molecule has 94 valence electrons. The predicted molar refractivity (Wildman–Crippen MR) is 64.5 cm³/mol. The lowest BCUT2D eigenvalue weighted by atomic mass is 10.1. The van der Waals surface area contributed by atoms with E-state index in [1.165, 1.54) is 0 Å². The van der Waals surface area contributed by atoms with Gasteiger partial charge in [0.25, 0.3) is 0 Å². The average molecular weight is 247 g/mol. The lowest BCUT2D eigenvalue weighted by Gasteiger charge is -2.10. The maximum Gasteiger partial charge on any atom is 0.337 e. The van der Waals surface area contributed by atoms with Crippen molar-refractivity contribution in [2.45, 2.75) is 20.4 Å². The second kappa shape index (κ2) is 4.87. The molecule has 0 aliphatic rings. The number of aromatic carboxylic acids is 1. The van der Waals surface area contributed by atoms with Gasteiger partial charge in [-0.3, -0.25) is 0 Å². The molecule has 1 aromatic carbocycles. The normalized spacial score (nSPS) is 10.3. The van der Waals surface area contributed by atoms with Crippen molar-refractivity contribution in [3.8, 4) is 0 Å². The van der Waals surface area contributed by atoms with Crippen molar-refractivity contribution in [2.75, 3.05) is 5.32 Å². The minimum atomic E-state index is -0.970. The number of hydrogen-bond acceptors (Lipinski definition) is 5. The third-order valence-electron chi connectivity index (χ3n) is 2.49. The van der Waals surface area contributed by atoms with Crippen molar-refractivity contribution in [3.05, 3.63) is 41.0 Å².